The van der Waals surface area contributed by atoms with E-state index in [9.17, 15) is 5.11 Å². The molecule has 90 valence electrons. The molecule has 0 spiro atoms. The summed E-state index contributed by atoms with van der Waals surface area (Å²) in [6.07, 6.45) is 7.17. The van der Waals surface area contributed by atoms with Crippen LogP contribution in [0, 0.1) is 0 Å². The van der Waals surface area contributed by atoms with E-state index in [1.165, 1.54) is 0 Å². The van der Waals surface area contributed by atoms with Gasteiger partial charge in [-0.25, -0.2) is 9.36 Å². The molecule has 18 heavy (non-hydrogen) atoms. The number of rotatable bonds is 3. The van der Waals surface area contributed by atoms with E-state index in [1.54, 1.807) is 21.8 Å². The SMILES string of the molecule is OCc1cc(-n2cccn2)cc(-n2cccn2)c1. The molecule has 0 unspecified atom stereocenters. The number of aromatic nitrogens is 4. The second-order valence-electron chi connectivity index (χ2n) is 3.92. The summed E-state index contributed by atoms with van der Waals surface area (Å²) in [5.74, 6) is 0. The lowest BCUT2D eigenvalue weighted by Crippen LogP contribution is -2.01. The van der Waals surface area contributed by atoms with E-state index in [2.05, 4.69) is 10.2 Å². The van der Waals surface area contributed by atoms with E-state index in [0.717, 1.165) is 16.9 Å². The average Bonchev–Trinajstić information content (AvgIpc) is 3.10. The summed E-state index contributed by atoms with van der Waals surface area (Å²) in [7, 11) is 0. The smallest absolute Gasteiger partial charge is 0.0683 e. The quantitative estimate of drug-likeness (QED) is 0.755. The topological polar surface area (TPSA) is 55.9 Å². The van der Waals surface area contributed by atoms with Crippen LogP contribution in [0.2, 0.25) is 0 Å². The van der Waals surface area contributed by atoms with Gasteiger partial charge in [0.25, 0.3) is 0 Å². The molecular formula is C13H12N4O. The number of hydrogen-bond acceptors (Lipinski definition) is 3. The number of nitrogens with zero attached hydrogens (tertiary/aromatic N) is 4. The second kappa shape index (κ2) is 4.46. The largest absolute Gasteiger partial charge is 0.392 e. The van der Waals surface area contributed by atoms with Crippen molar-refractivity contribution in [2.45, 2.75) is 6.61 Å². The second-order valence-corrected chi connectivity index (χ2v) is 3.92. The van der Waals surface area contributed by atoms with E-state index < -0.39 is 0 Å². The summed E-state index contributed by atoms with van der Waals surface area (Å²) in [4.78, 5) is 0. The molecule has 0 saturated carbocycles. The van der Waals surface area contributed by atoms with Crippen molar-refractivity contribution in [2.75, 3.05) is 0 Å². The molecule has 0 bridgehead atoms. The van der Waals surface area contributed by atoms with Gasteiger partial charge in [0.2, 0.25) is 0 Å². The lowest BCUT2D eigenvalue weighted by molar-refractivity contribution is 0.281. The first-order valence-corrected chi connectivity index (χ1v) is 5.62. The highest BCUT2D eigenvalue weighted by Gasteiger charge is 2.04. The first-order chi connectivity index (χ1) is 8.86. The van der Waals surface area contributed by atoms with Gasteiger partial charge in [-0.1, -0.05) is 0 Å². The summed E-state index contributed by atoms with van der Waals surface area (Å²) in [6.45, 7) is -0.0105. The third-order valence-electron chi connectivity index (χ3n) is 2.68. The van der Waals surface area contributed by atoms with Crippen molar-refractivity contribution in [1.29, 1.82) is 0 Å². The highest BCUT2D eigenvalue weighted by atomic mass is 16.3. The summed E-state index contributed by atoms with van der Waals surface area (Å²) in [6, 6.07) is 9.50. The molecule has 1 aromatic carbocycles. The van der Waals surface area contributed by atoms with E-state index in [4.69, 9.17) is 0 Å². The normalized spacial score (nSPS) is 10.7. The molecule has 0 atom stereocenters. The van der Waals surface area contributed by atoms with Crippen molar-refractivity contribution in [3.8, 4) is 11.4 Å². The molecule has 0 aliphatic heterocycles. The van der Waals surface area contributed by atoms with Crippen LogP contribution in [-0.2, 0) is 6.61 Å². The van der Waals surface area contributed by atoms with Crippen molar-refractivity contribution in [2.24, 2.45) is 0 Å². The van der Waals surface area contributed by atoms with Gasteiger partial charge in [0.15, 0.2) is 0 Å². The molecule has 5 nitrogen and oxygen atoms in total. The van der Waals surface area contributed by atoms with Crippen molar-refractivity contribution >= 4 is 0 Å². The number of benzene rings is 1. The Hall–Kier alpha value is -2.40. The summed E-state index contributed by atoms with van der Waals surface area (Å²) in [5.41, 5.74) is 2.63. The zero-order chi connectivity index (χ0) is 12.4. The third-order valence-corrected chi connectivity index (χ3v) is 2.68. The predicted octanol–water partition coefficient (Wildman–Crippen LogP) is 1.55. The Bertz CT molecular complexity index is 577. The number of aliphatic hydroxyl groups is 1. The lowest BCUT2D eigenvalue weighted by atomic mass is 10.2. The molecule has 0 aliphatic rings. The standard InChI is InChI=1S/C13H12N4O/c18-10-11-7-12(16-5-1-3-14-16)9-13(8-11)17-6-2-4-15-17/h1-9,18H,10H2. The fourth-order valence-corrected chi connectivity index (χ4v) is 1.86. The van der Waals surface area contributed by atoms with Crippen molar-refractivity contribution in [3.05, 3.63) is 60.7 Å². The van der Waals surface area contributed by atoms with Crippen LogP contribution in [0.4, 0.5) is 0 Å². The summed E-state index contributed by atoms with van der Waals surface area (Å²) < 4.78 is 3.51. The zero-order valence-corrected chi connectivity index (χ0v) is 9.64. The molecule has 3 rings (SSSR count). The predicted molar refractivity (Wildman–Crippen MR) is 66.6 cm³/mol. The van der Waals surface area contributed by atoms with Gasteiger partial charge < -0.3 is 5.11 Å². The van der Waals surface area contributed by atoms with Crippen LogP contribution in [0.3, 0.4) is 0 Å². The molecule has 0 saturated heterocycles. The molecule has 0 aliphatic carbocycles. The fraction of sp³-hybridized carbons (Fsp3) is 0.0769. The van der Waals surface area contributed by atoms with E-state index in [1.807, 2.05) is 42.7 Å². The van der Waals surface area contributed by atoms with Crippen molar-refractivity contribution in [1.82, 2.24) is 19.6 Å². The van der Waals surface area contributed by atoms with Gasteiger partial charge in [0, 0.05) is 24.8 Å². The molecule has 1 N–H and O–H groups in total. The van der Waals surface area contributed by atoms with E-state index in [-0.39, 0.29) is 6.61 Å². The monoisotopic (exact) mass is 240 g/mol. The Morgan fingerprint density at radius 1 is 0.889 bits per heavy atom. The van der Waals surface area contributed by atoms with Crippen molar-refractivity contribution in [3.63, 3.8) is 0 Å². The minimum Gasteiger partial charge on any atom is -0.392 e. The van der Waals surface area contributed by atoms with Gasteiger partial charge in [0.1, 0.15) is 0 Å². The lowest BCUT2D eigenvalue weighted by Gasteiger charge is -2.08. The Morgan fingerprint density at radius 3 is 1.83 bits per heavy atom. The van der Waals surface area contributed by atoms with Gasteiger partial charge in [-0.15, -0.1) is 0 Å². The van der Waals surface area contributed by atoms with Gasteiger partial charge in [-0.2, -0.15) is 10.2 Å². The highest BCUT2D eigenvalue weighted by molar-refractivity contribution is 5.46. The number of hydrogen-bond donors (Lipinski definition) is 1. The Kier molecular flexibility index (Phi) is 2.66. The molecule has 2 aromatic heterocycles. The third kappa shape index (κ3) is 1.91. The van der Waals surface area contributed by atoms with Crippen LogP contribution in [-0.4, -0.2) is 24.7 Å². The Balaban J connectivity index is 2.13. The molecule has 2 heterocycles. The maximum absolute atomic E-state index is 9.32. The van der Waals surface area contributed by atoms with Gasteiger partial charge in [-0.05, 0) is 35.9 Å². The Morgan fingerprint density at radius 2 is 1.44 bits per heavy atom. The zero-order valence-electron chi connectivity index (χ0n) is 9.64. The van der Waals surface area contributed by atoms with E-state index in [0.29, 0.717) is 0 Å². The fourth-order valence-electron chi connectivity index (χ4n) is 1.86. The van der Waals surface area contributed by atoms with Crippen LogP contribution in [0.25, 0.3) is 11.4 Å². The van der Waals surface area contributed by atoms with Crippen LogP contribution < -0.4 is 0 Å². The number of aliphatic hydroxyl groups excluding tert-OH is 1. The van der Waals surface area contributed by atoms with E-state index >= 15 is 0 Å². The molecule has 0 fully saturated rings. The minimum atomic E-state index is -0.0105. The first kappa shape index (κ1) is 10.7. The minimum absolute atomic E-state index is 0.0105. The molecule has 3 aromatic rings. The van der Waals surface area contributed by atoms with Crippen LogP contribution in [0.1, 0.15) is 5.56 Å². The van der Waals surface area contributed by atoms with Crippen LogP contribution >= 0.6 is 0 Å². The Labute approximate surface area is 104 Å². The first-order valence-electron chi connectivity index (χ1n) is 5.62. The van der Waals surface area contributed by atoms with Gasteiger partial charge in [0.05, 0.1) is 18.0 Å². The molecule has 5 heteroatoms. The highest BCUT2D eigenvalue weighted by Crippen LogP contribution is 2.16. The average molecular weight is 240 g/mol. The van der Waals surface area contributed by atoms with Crippen LogP contribution in [0.5, 0.6) is 0 Å². The maximum atomic E-state index is 9.32. The van der Waals surface area contributed by atoms with Crippen LogP contribution in [0.15, 0.2) is 55.1 Å². The summed E-state index contributed by atoms with van der Waals surface area (Å²) >= 11 is 0. The maximum Gasteiger partial charge on any atom is 0.0683 e. The van der Waals surface area contributed by atoms with Gasteiger partial charge >= 0.3 is 0 Å². The molecular weight excluding hydrogens is 228 g/mol. The van der Waals surface area contributed by atoms with Gasteiger partial charge in [-0.3, -0.25) is 0 Å². The molecule has 0 amide bonds. The molecule has 0 radical (unpaired) electrons. The van der Waals surface area contributed by atoms with Crippen molar-refractivity contribution < 1.29 is 5.11 Å². The summed E-state index contributed by atoms with van der Waals surface area (Å²) in [5, 5.41) is 17.7.